The van der Waals surface area contributed by atoms with E-state index in [0.717, 1.165) is 0 Å². The van der Waals surface area contributed by atoms with Crippen LogP contribution in [0.2, 0.25) is 0 Å². The van der Waals surface area contributed by atoms with E-state index < -0.39 is 11.5 Å². The lowest BCUT2D eigenvalue weighted by Gasteiger charge is -2.35. The lowest BCUT2D eigenvalue weighted by Crippen LogP contribution is -2.46. The van der Waals surface area contributed by atoms with Crippen molar-refractivity contribution in [2.45, 2.75) is 18.4 Å². The van der Waals surface area contributed by atoms with E-state index in [2.05, 4.69) is 4.98 Å². The molecule has 0 saturated carbocycles. The van der Waals surface area contributed by atoms with Crippen LogP contribution in [0.15, 0.2) is 12.3 Å². The number of nitrogens with two attached hydrogens (primary N) is 2. The first-order valence-corrected chi connectivity index (χ1v) is 6.48. The van der Waals surface area contributed by atoms with E-state index in [9.17, 15) is 9.90 Å². The largest absolute Gasteiger partial charge is 0.397 e. The summed E-state index contributed by atoms with van der Waals surface area (Å²) in [6.45, 7) is 1.50. The average molecular weight is 280 g/mol. The van der Waals surface area contributed by atoms with Gasteiger partial charge in [-0.1, -0.05) is 0 Å². The molecule has 1 aliphatic rings. The molecule has 2 heterocycles. The summed E-state index contributed by atoms with van der Waals surface area (Å²) in [4.78, 5) is 17.2. The number of amides is 1. The minimum absolute atomic E-state index is 0.237. The van der Waals surface area contributed by atoms with Crippen LogP contribution in [0.5, 0.6) is 0 Å². The summed E-state index contributed by atoms with van der Waals surface area (Å²) in [6.07, 6.45) is 2.56. The van der Waals surface area contributed by atoms with Crippen LogP contribution in [0.25, 0.3) is 0 Å². The molecule has 0 aromatic carbocycles. The summed E-state index contributed by atoms with van der Waals surface area (Å²) in [6, 6.07) is 1.54. The molecule has 1 aromatic heterocycles. The lowest BCUT2D eigenvalue weighted by molar-refractivity contribution is -0.0573. The van der Waals surface area contributed by atoms with Gasteiger partial charge in [-0.2, -0.15) is 0 Å². The van der Waals surface area contributed by atoms with Gasteiger partial charge in [0.25, 0.3) is 5.91 Å². The Morgan fingerprint density at radius 1 is 1.55 bits per heavy atom. The Morgan fingerprint density at radius 2 is 2.20 bits per heavy atom. The number of carbonyl (C=O) groups is 1. The van der Waals surface area contributed by atoms with E-state index in [0.29, 0.717) is 38.4 Å². The third kappa shape index (κ3) is 3.17. The molecular formula is C13H20N4O3. The van der Waals surface area contributed by atoms with E-state index in [1.807, 2.05) is 0 Å². The standard InChI is InChI=1S/C13H20N4O3/c1-17(8-13(19)2-4-20-5-3-13)11-6-9(12(15)18)10(14)7-16-11/h6-7,19H,2-5,8,14H2,1H3,(H2,15,18). The van der Waals surface area contributed by atoms with E-state index in [1.54, 1.807) is 18.0 Å². The molecule has 1 amide bonds. The minimum Gasteiger partial charge on any atom is -0.397 e. The summed E-state index contributed by atoms with van der Waals surface area (Å²) in [5.74, 6) is -0.0442. The number of anilines is 2. The van der Waals surface area contributed by atoms with Crippen LogP contribution in [0.4, 0.5) is 11.5 Å². The molecule has 7 heteroatoms. The van der Waals surface area contributed by atoms with Crippen molar-refractivity contribution in [3.63, 3.8) is 0 Å². The summed E-state index contributed by atoms with van der Waals surface area (Å²) in [7, 11) is 1.80. The van der Waals surface area contributed by atoms with Gasteiger partial charge in [0.05, 0.1) is 23.0 Å². The molecule has 1 fully saturated rings. The Labute approximate surface area is 117 Å². The monoisotopic (exact) mass is 280 g/mol. The second kappa shape index (κ2) is 5.64. The topological polar surface area (TPSA) is 115 Å². The quantitative estimate of drug-likeness (QED) is 0.700. The van der Waals surface area contributed by atoms with Gasteiger partial charge in [0.15, 0.2) is 0 Å². The van der Waals surface area contributed by atoms with Gasteiger partial charge in [-0.05, 0) is 6.07 Å². The van der Waals surface area contributed by atoms with Crippen molar-refractivity contribution in [3.8, 4) is 0 Å². The molecule has 0 spiro atoms. The maximum atomic E-state index is 11.3. The molecular weight excluding hydrogens is 260 g/mol. The number of ether oxygens (including phenoxy) is 1. The van der Waals surface area contributed by atoms with Crippen molar-refractivity contribution < 1.29 is 14.6 Å². The number of pyridine rings is 1. The van der Waals surface area contributed by atoms with Crippen molar-refractivity contribution in [2.24, 2.45) is 5.73 Å². The Hall–Kier alpha value is -1.86. The van der Waals surface area contributed by atoms with Gasteiger partial charge < -0.3 is 26.2 Å². The molecule has 5 N–H and O–H groups in total. The summed E-state index contributed by atoms with van der Waals surface area (Å²) >= 11 is 0. The van der Waals surface area contributed by atoms with Crippen LogP contribution in [0.1, 0.15) is 23.2 Å². The van der Waals surface area contributed by atoms with E-state index >= 15 is 0 Å². The van der Waals surface area contributed by atoms with E-state index in [1.165, 1.54) is 6.20 Å². The van der Waals surface area contributed by atoms with Crippen LogP contribution in [-0.2, 0) is 4.74 Å². The molecule has 0 bridgehead atoms. The van der Waals surface area contributed by atoms with Gasteiger partial charge in [-0.15, -0.1) is 0 Å². The average Bonchev–Trinajstić information content (AvgIpc) is 2.39. The number of hydrogen-bond acceptors (Lipinski definition) is 6. The zero-order valence-electron chi connectivity index (χ0n) is 11.5. The molecule has 20 heavy (non-hydrogen) atoms. The van der Waals surface area contributed by atoms with Gasteiger partial charge in [0.1, 0.15) is 5.82 Å². The van der Waals surface area contributed by atoms with Crippen molar-refractivity contribution in [2.75, 3.05) is 37.4 Å². The Morgan fingerprint density at radius 3 is 2.80 bits per heavy atom. The van der Waals surface area contributed by atoms with Crippen molar-refractivity contribution in [1.82, 2.24) is 4.98 Å². The highest BCUT2D eigenvalue weighted by molar-refractivity contribution is 5.98. The third-order valence-electron chi connectivity index (χ3n) is 3.53. The first-order chi connectivity index (χ1) is 9.41. The molecule has 1 aliphatic heterocycles. The Balaban J connectivity index is 2.14. The molecule has 0 aliphatic carbocycles. The van der Waals surface area contributed by atoms with Crippen molar-refractivity contribution in [3.05, 3.63) is 17.8 Å². The number of nitrogen functional groups attached to an aromatic ring is 1. The first kappa shape index (κ1) is 14.5. The lowest BCUT2D eigenvalue weighted by atomic mass is 9.94. The zero-order chi connectivity index (χ0) is 14.8. The molecule has 2 rings (SSSR count). The predicted molar refractivity (Wildman–Crippen MR) is 75.4 cm³/mol. The molecule has 1 saturated heterocycles. The normalized spacial score (nSPS) is 17.7. The second-order valence-electron chi connectivity index (χ2n) is 5.19. The van der Waals surface area contributed by atoms with Crippen LogP contribution in [-0.4, -0.2) is 48.4 Å². The molecule has 110 valence electrons. The molecule has 0 unspecified atom stereocenters. The van der Waals surface area contributed by atoms with Crippen LogP contribution in [0.3, 0.4) is 0 Å². The molecule has 7 nitrogen and oxygen atoms in total. The fourth-order valence-corrected chi connectivity index (χ4v) is 2.31. The van der Waals surface area contributed by atoms with E-state index in [4.69, 9.17) is 16.2 Å². The molecule has 1 aromatic rings. The summed E-state index contributed by atoms with van der Waals surface area (Å²) in [5.41, 5.74) is 10.6. The van der Waals surface area contributed by atoms with Crippen LogP contribution >= 0.6 is 0 Å². The van der Waals surface area contributed by atoms with Gasteiger partial charge in [0, 0.05) is 39.6 Å². The number of aromatic nitrogens is 1. The zero-order valence-corrected chi connectivity index (χ0v) is 11.5. The van der Waals surface area contributed by atoms with Gasteiger partial charge in [-0.25, -0.2) is 4.98 Å². The van der Waals surface area contributed by atoms with Gasteiger partial charge >= 0.3 is 0 Å². The number of aliphatic hydroxyl groups is 1. The first-order valence-electron chi connectivity index (χ1n) is 6.48. The SMILES string of the molecule is CN(CC1(O)CCOCC1)c1cc(C(N)=O)c(N)cn1. The van der Waals surface area contributed by atoms with Gasteiger partial charge in [-0.3, -0.25) is 4.79 Å². The van der Waals surface area contributed by atoms with E-state index in [-0.39, 0.29) is 11.3 Å². The minimum atomic E-state index is -0.803. The maximum Gasteiger partial charge on any atom is 0.250 e. The Bertz CT molecular complexity index is 500. The maximum absolute atomic E-state index is 11.3. The fraction of sp³-hybridized carbons (Fsp3) is 0.538. The van der Waals surface area contributed by atoms with Crippen molar-refractivity contribution in [1.29, 1.82) is 0 Å². The number of carbonyl (C=O) groups excluding carboxylic acids is 1. The summed E-state index contributed by atoms with van der Waals surface area (Å²) < 4.78 is 5.25. The number of hydrogen-bond donors (Lipinski definition) is 3. The second-order valence-corrected chi connectivity index (χ2v) is 5.19. The Kier molecular flexibility index (Phi) is 4.10. The third-order valence-corrected chi connectivity index (χ3v) is 3.53. The number of rotatable bonds is 4. The highest BCUT2D eigenvalue weighted by Gasteiger charge is 2.31. The van der Waals surface area contributed by atoms with Crippen LogP contribution in [0, 0.1) is 0 Å². The highest BCUT2D eigenvalue weighted by Crippen LogP contribution is 2.24. The van der Waals surface area contributed by atoms with Gasteiger partial charge in [0.2, 0.25) is 0 Å². The highest BCUT2D eigenvalue weighted by atomic mass is 16.5. The van der Waals surface area contributed by atoms with Crippen molar-refractivity contribution >= 4 is 17.4 Å². The molecule has 0 radical (unpaired) electrons. The smallest absolute Gasteiger partial charge is 0.250 e. The van der Waals surface area contributed by atoms with Crippen LogP contribution < -0.4 is 16.4 Å². The predicted octanol–water partition coefficient (Wildman–Crippen LogP) is -0.260. The number of nitrogens with zero attached hydrogens (tertiary/aromatic N) is 2. The fourth-order valence-electron chi connectivity index (χ4n) is 2.31. The number of likely N-dealkylation sites (N-methyl/N-ethyl adjacent to an activating group) is 1. The molecule has 0 atom stereocenters. The number of primary amides is 1. The summed E-state index contributed by atoms with van der Waals surface area (Å²) in [5, 5.41) is 10.5.